The molecule has 2 rings (SSSR count). The summed E-state index contributed by atoms with van der Waals surface area (Å²) in [5.41, 5.74) is 5.96. The van der Waals surface area contributed by atoms with E-state index in [1.807, 2.05) is 0 Å². The number of hydrogen-bond donors (Lipinski definition) is 2. The van der Waals surface area contributed by atoms with Crippen LogP contribution in [0.4, 0.5) is 8.78 Å². The quantitative estimate of drug-likeness (QED) is 0.843. The Labute approximate surface area is 136 Å². The van der Waals surface area contributed by atoms with Crippen molar-refractivity contribution in [1.29, 1.82) is 0 Å². The number of halogens is 2. The first-order valence-electron chi connectivity index (χ1n) is 8.02. The first-order chi connectivity index (χ1) is 10.9. The third-order valence-corrected chi connectivity index (χ3v) is 4.61. The van der Waals surface area contributed by atoms with E-state index >= 15 is 0 Å². The molecular weight excluding hydrogens is 300 g/mol. The zero-order valence-electron chi connectivity index (χ0n) is 13.7. The number of nitrogens with one attached hydrogen (secondary N) is 1. The Hall–Kier alpha value is -1.53. The molecule has 6 heteroatoms. The lowest BCUT2D eigenvalue weighted by atomic mass is 9.99. The Bertz CT molecular complexity index is 530. The topological polar surface area (TPSA) is 58.4 Å². The molecule has 1 fully saturated rings. The summed E-state index contributed by atoms with van der Waals surface area (Å²) < 4.78 is 27.9. The van der Waals surface area contributed by atoms with Crippen LogP contribution in [0.25, 0.3) is 0 Å². The summed E-state index contributed by atoms with van der Waals surface area (Å²) in [6.07, 6.45) is 3.35. The van der Waals surface area contributed by atoms with Crippen molar-refractivity contribution in [2.45, 2.75) is 37.8 Å². The number of carbonyl (C=O) groups is 1. The fourth-order valence-corrected chi connectivity index (χ4v) is 3.21. The number of benzene rings is 1. The molecule has 1 unspecified atom stereocenters. The molecule has 1 aliphatic carbocycles. The van der Waals surface area contributed by atoms with E-state index in [2.05, 4.69) is 5.32 Å². The monoisotopic (exact) mass is 325 g/mol. The van der Waals surface area contributed by atoms with Gasteiger partial charge in [0.25, 0.3) is 0 Å². The SMILES string of the molecule is CN(C)C(CNC(=O)C[C@@H]1CCC[C@H]1N)c1c(F)cccc1F. The van der Waals surface area contributed by atoms with E-state index in [-0.39, 0.29) is 30.0 Å². The van der Waals surface area contributed by atoms with Gasteiger partial charge < -0.3 is 16.0 Å². The Morgan fingerprint density at radius 2 is 2.00 bits per heavy atom. The summed E-state index contributed by atoms with van der Waals surface area (Å²) in [4.78, 5) is 13.8. The Balaban J connectivity index is 1.99. The van der Waals surface area contributed by atoms with Crippen molar-refractivity contribution >= 4 is 5.91 Å². The summed E-state index contributed by atoms with van der Waals surface area (Å²) in [5.74, 6) is -1.11. The molecule has 1 amide bonds. The zero-order valence-corrected chi connectivity index (χ0v) is 13.7. The largest absolute Gasteiger partial charge is 0.354 e. The predicted octanol–water partition coefficient (Wildman–Crippen LogP) is 2.20. The highest BCUT2D eigenvalue weighted by molar-refractivity contribution is 5.76. The van der Waals surface area contributed by atoms with E-state index in [1.165, 1.54) is 18.2 Å². The molecule has 0 radical (unpaired) electrons. The van der Waals surface area contributed by atoms with Crippen molar-refractivity contribution in [2.75, 3.05) is 20.6 Å². The zero-order chi connectivity index (χ0) is 17.0. The molecule has 1 aromatic carbocycles. The number of hydrogen-bond acceptors (Lipinski definition) is 3. The summed E-state index contributed by atoms with van der Waals surface area (Å²) in [6, 6.07) is 3.32. The van der Waals surface area contributed by atoms with Crippen LogP contribution in [0.3, 0.4) is 0 Å². The van der Waals surface area contributed by atoms with Crippen LogP contribution in [-0.4, -0.2) is 37.5 Å². The standard InChI is InChI=1S/C17H25F2N3O/c1-22(2)15(17-12(18)6-4-7-13(17)19)10-21-16(23)9-11-5-3-8-14(11)20/h4,6-7,11,14-15H,3,5,8-10,20H2,1-2H3,(H,21,23)/t11-,14+,15?/m0/s1. The van der Waals surface area contributed by atoms with Crippen LogP contribution in [0.15, 0.2) is 18.2 Å². The molecule has 0 spiro atoms. The lowest BCUT2D eigenvalue weighted by molar-refractivity contribution is -0.122. The fourth-order valence-electron chi connectivity index (χ4n) is 3.21. The van der Waals surface area contributed by atoms with Crippen LogP contribution in [0.1, 0.15) is 37.3 Å². The lowest BCUT2D eigenvalue weighted by Crippen LogP contribution is -2.37. The van der Waals surface area contributed by atoms with Gasteiger partial charge in [-0.25, -0.2) is 8.78 Å². The lowest BCUT2D eigenvalue weighted by Gasteiger charge is -2.26. The maximum atomic E-state index is 14.0. The normalized spacial score (nSPS) is 22.3. The molecule has 0 aliphatic heterocycles. The number of nitrogens with two attached hydrogens (primary N) is 1. The molecule has 0 aromatic heterocycles. The molecule has 3 atom stereocenters. The van der Waals surface area contributed by atoms with Crippen LogP contribution in [-0.2, 0) is 4.79 Å². The minimum absolute atomic E-state index is 0.0182. The van der Waals surface area contributed by atoms with Gasteiger partial charge >= 0.3 is 0 Å². The number of rotatable bonds is 6. The van der Waals surface area contributed by atoms with E-state index in [4.69, 9.17) is 5.73 Å². The van der Waals surface area contributed by atoms with Gasteiger partial charge in [0.2, 0.25) is 5.91 Å². The Morgan fingerprint density at radius 3 is 2.52 bits per heavy atom. The second kappa shape index (κ2) is 7.84. The molecule has 0 bridgehead atoms. The molecule has 4 nitrogen and oxygen atoms in total. The average Bonchev–Trinajstić information content (AvgIpc) is 2.87. The third-order valence-electron chi connectivity index (χ3n) is 4.61. The summed E-state index contributed by atoms with van der Waals surface area (Å²) in [5, 5.41) is 2.79. The minimum Gasteiger partial charge on any atom is -0.354 e. The van der Waals surface area contributed by atoms with E-state index in [0.717, 1.165) is 19.3 Å². The molecule has 23 heavy (non-hydrogen) atoms. The van der Waals surface area contributed by atoms with Crippen LogP contribution in [0, 0.1) is 17.6 Å². The van der Waals surface area contributed by atoms with E-state index in [1.54, 1.807) is 19.0 Å². The molecular formula is C17H25F2N3O. The second-order valence-corrected chi connectivity index (χ2v) is 6.48. The molecule has 128 valence electrons. The van der Waals surface area contributed by atoms with Gasteiger partial charge in [0.15, 0.2) is 0 Å². The molecule has 1 aromatic rings. The van der Waals surface area contributed by atoms with Crippen LogP contribution < -0.4 is 11.1 Å². The van der Waals surface area contributed by atoms with Gasteiger partial charge in [0.05, 0.1) is 6.04 Å². The van der Waals surface area contributed by atoms with Crippen molar-refractivity contribution in [3.8, 4) is 0 Å². The third kappa shape index (κ3) is 4.48. The van der Waals surface area contributed by atoms with Crippen molar-refractivity contribution in [2.24, 2.45) is 11.7 Å². The number of likely N-dealkylation sites (N-methyl/N-ethyl adjacent to an activating group) is 1. The number of carbonyl (C=O) groups excluding carboxylic acids is 1. The van der Waals surface area contributed by atoms with Crippen LogP contribution >= 0.6 is 0 Å². The molecule has 0 saturated heterocycles. The molecule has 1 aliphatic rings. The van der Waals surface area contributed by atoms with Crippen molar-refractivity contribution in [3.63, 3.8) is 0 Å². The van der Waals surface area contributed by atoms with Gasteiger partial charge in [0, 0.05) is 24.6 Å². The summed E-state index contributed by atoms with van der Waals surface area (Å²) >= 11 is 0. The average molecular weight is 325 g/mol. The van der Waals surface area contributed by atoms with Crippen LogP contribution in [0.2, 0.25) is 0 Å². The van der Waals surface area contributed by atoms with Gasteiger partial charge in [-0.15, -0.1) is 0 Å². The smallest absolute Gasteiger partial charge is 0.220 e. The van der Waals surface area contributed by atoms with Gasteiger partial charge in [-0.3, -0.25) is 4.79 Å². The first kappa shape index (κ1) is 17.8. The van der Waals surface area contributed by atoms with Gasteiger partial charge in [-0.1, -0.05) is 12.5 Å². The minimum atomic E-state index is -0.601. The predicted molar refractivity (Wildman–Crippen MR) is 85.7 cm³/mol. The second-order valence-electron chi connectivity index (χ2n) is 6.48. The van der Waals surface area contributed by atoms with E-state index in [9.17, 15) is 13.6 Å². The van der Waals surface area contributed by atoms with Crippen molar-refractivity contribution in [3.05, 3.63) is 35.4 Å². The van der Waals surface area contributed by atoms with Gasteiger partial charge in [-0.05, 0) is 45.0 Å². The van der Waals surface area contributed by atoms with Crippen LogP contribution in [0.5, 0.6) is 0 Å². The fraction of sp³-hybridized carbons (Fsp3) is 0.588. The number of nitrogens with zero attached hydrogens (tertiary/aromatic N) is 1. The highest BCUT2D eigenvalue weighted by Crippen LogP contribution is 2.27. The maximum absolute atomic E-state index is 14.0. The number of amides is 1. The van der Waals surface area contributed by atoms with Crippen molar-refractivity contribution in [1.82, 2.24) is 10.2 Å². The van der Waals surface area contributed by atoms with Crippen molar-refractivity contribution < 1.29 is 13.6 Å². The summed E-state index contributed by atoms with van der Waals surface area (Å²) in [7, 11) is 3.46. The van der Waals surface area contributed by atoms with Gasteiger partial charge in [0.1, 0.15) is 11.6 Å². The van der Waals surface area contributed by atoms with Gasteiger partial charge in [-0.2, -0.15) is 0 Å². The maximum Gasteiger partial charge on any atom is 0.220 e. The van der Waals surface area contributed by atoms with E-state index in [0.29, 0.717) is 6.42 Å². The molecule has 0 heterocycles. The summed E-state index contributed by atoms with van der Waals surface area (Å²) in [6.45, 7) is 0.158. The Kier molecular flexibility index (Phi) is 6.07. The van der Waals surface area contributed by atoms with E-state index < -0.39 is 17.7 Å². The highest BCUT2D eigenvalue weighted by atomic mass is 19.1. The Morgan fingerprint density at radius 1 is 1.35 bits per heavy atom. The molecule has 3 N–H and O–H groups in total. The molecule has 1 saturated carbocycles. The highest BCUT2D eigenvalue weighted by Gasteiger charge is 2.27. The first-order valence-corrected chi connectivity index (χ1v) is 8.02.